The van der Waals surface area contributed by atoms with Crippen LogP contribution in [0, 0.1) is 0 Å². The van der Waals surface area contributed by atoms with Gasteiger partial charge in [0.15, 0.2) is 0 Å². The van der Waals surface area contributed by atoms with Gasteiger partial charge >= 0.3 is 5.97 Å². The van der Waals surface area contributed by atoms with Gasteiger partial charge in [0, 0.05) is 16.9 Å². The van der Waals surface area contributed by atoms with Gasteiger partial charge in [-0.2, -0.15) is 0 Å². The Morgan fingerprint density at radius 3 is 2.65 bits per heavy atom. The lowest BCUT2D eigenvalue weighted by atomic mass is 10.0. The largest absolute Gasteiger partial charge is 0.462 e. The van der Waals surface area contributed by atoms with Crippen molar-refractivity contribution in [3.8, 4) is 0 Å². The van der Waals surface area contributed by atoms with Crippen LogP contribution in [0.4, 0.5) is 0 Å². The molecule has 0 atom stereocenters. The molecule has 2 heterocycles. The fourth-order valence-electron chi connectivity index (χ4n) is 2.15. The van der Waals surface area contributed by atoms with Gasteiger partial charge in [-0.05, 0) is 35.8 Å². The van der Waals surface area contributed by atoms with Crippen LogP contribution in [0.1, 0.15) is 24.2 Å². The molecule has 2 aromatic heterocycles. The first-order valence-corrected chi connectivity index (χ1v) is 7.77. The third kappa shape index (κ3) is 3.15. The molecule has 0 aliphatic carbocycles. The molecule has 0 aliphatic heterocycles. The fraction of sp³-hybridized carbons (Fsp3) is 0.400. The Balaban J connectivity index is 2.88. The molecule has 23 heavy (non-hydrogen) atoms. The van der Waals surface area contributed by atoms with Crippen molar-refractivity contribution in [2.45, 2.75) is 19.4 Å². The molecule has 7 nitrogen and oxygen atoms in total. The summed E-state index contributed by atoms with van der Waals surface area (Å²) in [4.78, 5) is 28.8. The van der Waals surface area contributed by atoms with E-state index in [4.69, 9.17) is 4.74 Å². The number of aromatic nitrogens is 2. The summed E-state index contributed by atoms with van der Waals surface area (Å²) in [7, 11) is 0. The lowest BCUT2D eigenvalue weighted by Gasteiger charge is -2.30. The maximum absolute atomic E-state index is 12.6. The van der Waals surface area contributed by atoms with E-state index in [-0.39, 0.29) is 23.2 Å². The number of aliphatic hydroxyl groups excluding tert-OH is 2. The molecule has 2 rings (SSSR count). The molecule has 0 aromatic carbocycles. The highest BCUT2D eigenvalue weighted by Crippen LogP contribution is 2.22. The highest BCUT2D eigenvalue weighted by atomic mass is 79.9. The number of fused-ring (bicyclic) bond motifs is 1. The number of halogens is 1. The van der Waals surface area contributed by atoms with Crippen molar-refractivity contribution >= 4 is 32.9 Å². The first-order chi connectivity index (χ1) is 10.9. The average Bonchev–Trinajstić information content (AvgIpc) is 2.55. The Morgan fingerprint density at radius 1 is 1.43 bits per heavy atom. The molecule has 0 aliphatic rings. The van der Waals surface area contributed by atoms with Gasteiger partial charge in [0.25, 0.3) is 0 Å². The molecule has 0 bridgehead atoms. The van der Waals surface area contributed by atoms with Gasteiger partial charge in [0.05, 0.1) is 30.7 Å². The number of carbonyl (C=O) groups excluding carboxylic acids is 1. The minimum Gasteiger partial charge on any atom is -0.462 e. The predicted molar refractivity (Wildman–Crippen MR) is 87.5 cm³/mol. The van der Waals surface area contributed by atoms with Gasteiger partial charge < -0.3 is 19.5 Å². The Bertz CT molecular complexity index is 798. The zero-order valence-corrected chi connectivity index (χ0v) is 14.3. The number of ether oxygens (including phenoxy) is 1. The molecule has 0 unspecified atom stereocenters. The summed E-state index contributed by atoms with van der Waals surface area (Å²) in [6.07, 6.45) is 2.77. The van der Waals surface area contributed by atoms with Gasteiger partial charge in [-0.1, -0.05) is 0 Å². The summed E-state index contributed by atoms with van der Waals surface area (Å²) >= 11 is 3.24. The van der Waals surface area contributed by atoms with Gasteiger partial charge in [0.2, 0.25) is 5.43 Å². The Kier molecular flexibility index (Phi) is 5.18. The summed E-state index contributed by atoms with van der Waals surface area (Å²) < 4.78 is 6.92. The van der Waals surface area contributed by atoms with Crippen molar-refractivity contribution in [2.75, 3.05) is 19.8 Å². The van der Waals surface area contributed by atoms with Crippen LogP contribution in [0.5, 0.6) is 0 Å². The van der Waals surface area contributed by atoms with E-state index in [2.05, 4.69) is 20.9 Å². The second kappa shape index (κ2) is 6.77. The number of nitrogens with zero attached hydrogens (tertiary/aromatic N) is 2. The minimum atomic E-state index is -1.13. The standard InChI is InChI=1S/C15H17BrN2O5/c1-3-23-14(22)11-6-18(15(2,7-19)8-20)13-10(12(11)21)4-9(16)5-17-13/h4-6,19-20H,3,7-8H2,1-2H3. The van der Waals surface area contributed by atoms with Crippen LogP contribution in [0.25, 0.3) is 11.0 Å². The zero-order chi connectivity index (χ0) is 17.2. The minimum absolute atomic E-state index is 0.129. The van der Waals surface area contributed by atoms with Crippen LogP contribution >= 0.6 is 15.9 Å². The second-order valence-corrected chi connectivity index (χ2v) is 6.22. The summed E-state index contributed by atoms with van der Waals surface area (Å²) in [5.41, 5.74) is -1.56. The van der Waals surface area contributed by atoms with Crippen molar-refractivity contribution in [1.82, 2.24) is 9.55 Å². The number of hydrogen-bond acceptors (Lipinski definition) is 6. The van der Waals surface area contributed by atoms with Crippen molar-refractivity contribution in [3.63, 3.8) is 0 Å². The van der Waals surface area contributed by atoms with Crippen molar-refractivity contribution < 1.29 is 19.7 Å². The van der Waals surface area contributed by atoms with Crippen LogP contribution in [-0.4, -0.2) is 45.6 Å². The number of aliphatic hydroxyl groups is 2. The Hall–Kier alpha value is -1.77. The second-order valence-electron chi connectivity index (χ2n) is 5.30. The number of hydrogen-bond donors (Lipinski definition) is 2. The van der Waals surface area contributed by atoms with Gasteiger partial charge in [-0.15, -0.1) is 0 Å². The summed E-state index contributed by atoms with van der Waals surface area (Å²) in [5.74, 6) is -0.758. The van der Waals surface area contributed by atoms with E-state index in [1.165, 1.54) is 17.0 Å². The van der Waals surface area contributed by atoms with Gasteiger partial charge in [-0.25, -0.2) is 9.78 Å². The molecule has 0 fully saturated rings. The average molecular weight is 385 g/mol. The quantitative estimate of drug-likeness (QED) is 0.746. The predicted octanol–water partition coefficient (Wildman–Crippen LogP) is 1.04. The van der Waals surface area contributed by atoms with E-state index in [0.717, 1.165) is 0 Å². The first-order valence-electron chi connectivity index (χ1n) is 6.98. The van der Waals surface area contributed by atoms with E-state index >= 15 is 0 Å². The summed E-state index contributed by atoms with van der Waals surface area (Å²) in [6, 6.07) is 1.54. The van der Waals surface area contributed by atoms with Crippen LogP contribution in [0.3, 0.4) is 0 Å². The lowest BCUT2D eigenvalue weighted by molar-refractivity contribution is 0.0518. The van der Waals surface area contributed by atoms with Crippen LogP contribution < -0.4 is 5.43 Å². The van der Waals surface area contributed by atoms with Crippen LogP contribution in [0.2, 0.25) is 0 Å². The third-order valence-corrected chi connectivity index (χ3v) is 4.00. The highest BCUT2D eigenvalue weighted by molar-refractivity contribution is 9.10. The summed E-state index contributed by atoms with van der Waals surface area (Å²) in [6.45, 7) is 2.56. The highest BCUT2D eigenvalue weighted by Gasteiger charge is 2.29. The zero-order valence-electron chi connectivity index (χ0n) is 12.7. The van der Waals surface area contributed by atoms with Crippen molar-refractivity contribution in [2.24, 2.45) is 0 Å². The molecule has 0 saturated heterocycles. The van der Waals surface area contributed by atoms with Crippen molar-refractivity contribution in [1.29, 1.82) is 0 Å². The smallest absolute Gasteiger partial charge is 0.343 e. The number of esters is 1. The molecule has 8 heteroatoms. The molecule has 0 radical (unpaired) electrons. The van der Waals surface area contributed by atoms with Crippen molar-refractivity contribution in [3.05, 3.63) is 38.7 Å². The molecule has 0 amide bonds. The number of carbonyl (C=O) groups is 1. The third-order valence-electron chi connectivity index (χ3n) is 3.57. The molecule has 0 spiro atoms. The Morgan fingerprint density at radius 2 is 2.09 bits per heavy atom. The van der Waals surface area contributed by atoms with Gasteiger partial charge in [0.1, 0.15) is 11.2 Å². The Labute approximate surface area is 140 Å². The normalized spacial score (nSPS) is 11.7. The number of rotatable bonds is 5. The van der Waals surface area contributed by atoms with E-state index in [1.54, 1.807) is 19.9 Å². The lowest BCUT2D eigenvalue weighted by Crippen LogP contribution is -2.40. The molecule has 124 valence electrons. The van der Waals surface area contributed by atoms with E-state index in [0.29, 0.717) is 4.47 Å². The molecule has 0 saturated carbocycles. The first kappa shape index (κ1) is 17.6. The molecule has 2 N–H and O–H groups in total. The fourth-order valence-corrected chi connectivity index (χ4v) is 2.48. The maximum atomic E-state index is 12.6. The topological polar surface area (TPSA) is 102 Å². The summed E-state index contributed by atoms with van der Waals surface area (Å²) in [5, 5.41) is 19.5. The monoisotopic (exact) mass is 384 g/mol. The SMILES string of the molecule is CCOC(=O)c1cn(C(C)(CO)CO)c2ncc(Br)cc2c1=O. The molecule has 2 aromatic rings. The van der Waals surface area contributed by atoms with Crippen LogP contribution in [-0.2, 0) is 10.3 Å². The van der Waals surface area contributed by atoms with E-state index in [9.17, 15) is 19.8 Å². The van der Waals surface area contributed by atoms with E-state index in [1.807, 2.05) is 0 Å². The van der Waals surface area contributed by atoms with Crippen LogP contribution in [0.15, 0.2) is 27.7 Å². The van der Waals surface area contributed by atoms with Gasteiger partial charge in [-0.3, -0.25) is 4.79 Å². The maximum Gasteiger partial charge on any atom is 0.343 e. The molecular formula is C15H17BrN2O5. The molecular weight excluding hydrogens is 368 g/mol. The number of pyridine rings is 2. The van der Waals surface area contributed by atoms with E-state index < -0.39 is 30.2 Å².